The molecule has 4 rings (SSSR count). The molecule has 3 fully saturated rings. The Bertz CT molecular complexity index is 1140. The predicted molar refractivity (Wildman–Crippen MR) is 134 cm³/mol. The molecule has 1 aromatic carbocycles. The molecule has 206 valence electrons. The van der Waals surface area contributed by atoms with Crippen LogP contribution in [0.2, 0.25) is 0 Å². The second kappa shape index (κ2) is 10.2. The van der Waals surface area contributed by atoms with Crippen molar-refractivity contribution >= 4 is 21.7 Å². The Balaban J connectivity index is 1.49. The number of rotatable bonds is 7. The van der Waals surface area contributed by atoms with Gasteiger partial charge in [-0.1, -0.05) is 6.07 Å². The highest BCUT2D eigenvalue weighted by molar-refractivity contribution is 7.91. The lowest BCUT2D eigenvalue weighted by Gasteiger charge is -2.33. The highest BCUT2D eigenvalue weighted by Crippen LogP contribution is 2.46. The molecule has 2 saturated heterocycles. The highest BCUT2D eigenvalue weighted by Gasteiger charge is 2.53. The summed E-state index contributed by atoms with van der Waals surface area (Å²) >= 11 is 0. The third-order valence-corrected chi connectivity index (χ3v) is 10.7. The van der Waals surface area contributed by atoms with E-state index >= 15 is 0 Å². The molecular weight excluding hydrogens is 507 g/mol. The van der Waals surface area contributed by atoms with Crippen LogP contribution in [0.3, 0.4) is 0 Å². The molecule has 1 aromatic rings. The van der Waals surface area contributed by atoms with Crippen molar-refractivity contribution in [3.05, 3.63) is 35.4 Å². The van der Waals surface area contributed by atoms with Crippen molar-refractivity contribution < 1.29 is 31.2 Å². The van der Waals surface area contributed by atoms with E-state index in [-0.39, 0.29) is 35.1 Å². The number of nitrogens with one attached hydrogen (secondary N) is 1. The van der Waals surface area contributed by atoms with E-state index < -0.39 is 38.8 Å². The van der Waals surface area contributed by atoms with E-state index in [1.807, 2.05) is 0 Å². The van der Waals surface area contributed by atoms with Crippen LogP contribution in [0.1, 0.15) is 56.5 Å². The summed E-state index contributed by atoms with van der Waals surface area (Å²) in [7, 11) is -3.34. The number of carbonyl (C=O) groups excluding carboxylic acids is 2. The van der Waals surface area contributed by atoms with E-state index in [9.17, 15) is 31.2 Å². The van der Waals surface area contributed by atoms with Crippen LogP contribution < -0.4 is 5.32 Å². The first-order chi connectivity index (χ1) is 17.2. The molecule has 2 heterocycles. The zero-order valence-electron chi connectivity index (χ0n) is 21.7. The lowest BCUT2D eigenvalue weighted by Crippen LogP contribution is -2.48. The Labute approximate surface area is 216 Å². The quantitative estimate of drug-likeness (QED) is 0.571. The third-order valence-electron chi connectivity index (χ3n) is 8.38. The van der Waals surface area contributed by atoms with Crippen molar-refractivity contribution in [2.24, 2.45) is 17.8 Å². The Kier molecular flexibility index (Phi) is 7.69. The van der Waals surface area contributed by atoms with Gasteiger partial charge in [-0.2, -0.15) is 13.2 Å². The van der Waals surface area contributed by atoms with Gasteiger partial charge >= 0.3 is 6.18 Å². The molecule has 7 nitrogen and oxygen atoms in total. The fraction of sp³-hybridized carbons (Fsp3) is 0.692. The van der Waals surface area contributed by atoms with E-state index in [2.05, 4.69) is 24.1 Å². The molecule has 1 saturated carbocycles. The van der Waals surface area contributed by atoms with Gasteiger partial charge in [0.2, 0.25) is 5.91 Å². The zero-order valence-corrected chi connectivity index (χ0v) is 22.5. The average Bonchev–Trinajstić information content (AvgIpc) is 3.47. The Morgan fingerprint density at radius 3 is 2.49 bits per heavy atom. The van der Waals surface area contributed by atoms with Crippen LogP contribution in [0.15, 0.2) is 24.3 Å². The van der Waals surface area contributed by atoms with Gasteiger partial charge in [-0.25, -0.2) is 8.42 Å². The van der Waals surface area contributed by atoms with E-state index in [4.69, 9.17) is 0 Å². The van der Waals surface area contributed by atoms with Crippen LogP contribution in [-0.2, 0) is 20.8 Å². The Morgan fingerprint density at radius 2 is 1.86 bits per heavy atom. The number of benzene rings is 1. The predicted octanol–water partition coefficient (Wildman–Crippen LogP) is 3.20. The number of halogens is 3. The Morgan fingerprint density at radius 1 is 1.16 bits per heavy atom. The summed E-state index contributed by atoms with van der Waals surface area (Å²) < 4.78 is 65.0. The van der Waals surface area contributed by atoms with Crippen molar-refractivity contribution in [3.63, 3.8) is 0 Å². The monoisotopic (exact) mass is 543 g/mol. The zero-order chi connectivity index (χ0) is 27.3. The molecule has 1 N–H and O–H groups in total. The minimum absolute atomic E-state index is 0.0213. The van der Waals surface area contributed by atoms with E-state index in [0.717, 1.165) is 31.3 Å². The van der Waals surface area contributed by atoms with Gasteiger partial charge in [0, 0.05) is 37.3 Å². The van der Waals surface area contributed by atoms with Gasteiger partial charge in [-0.05, 0) is 76.5 Å². The highest BCUT2D eigenvalue weighted by atomic mass is 32.2. The molecule has 5 unspecified atom stereocenters. The first-order valence-electron chi connectivity index (χ1n) is 12.9. The molecule has 0 bridgehead atoms. The van der Waals surface area contributed by atoms with Crippen LogP contribution in [0.4, 0.5) is 13.2 Å². The van der Waals surface area contributed by atoms with Gasteiger partial charge in [0.05, 0.1) is 16.6 Å². The molecule has 11 heteroatoms. The van der Waals surface area contributed by atoms with Crippen molar-refractivity contribution in [2.75, 3.05) is 25.4 Å². The SMILES string of the molecule is CC(C)N1CC2CC(N3CCC(NC(=O)c4cccc(C(F)(F)F)c4)C3=O)C(CS(=O)(=O)C(C)C)C2C1. The summed E-state index contributed by atoms with van der Waals surface area (Å²) in [4.78, 5) is 30.2. The maximum atomic E-state index is 13.4. The summed E-state index contributed by atoms with van der Waals surface area (Å²) in [5, 5.41) is 2.10. The van der Waals surface area contributed by atoms with Crippen molar-refractivity contribution in [1.29, 1.82) is 0 Å². The van der Waals surface area contributed by atoms with Crippen LogP contribution in [0.25, 0.3) is 0 Å². The fourth-order valence-corrected chi connectivity index (χ4v) is 7.55. The number of likely N-dealkylation sites (tertiary alicyclic amines) is 2. The second-order valence-corrected chi connectivity index (χ2v) is 13.8. The number of hydrogen-bond acceptors (Lipinski definition) is 5. The lowest BCUT2D eigenvalue weighted by molar-refractivity contribution is -0.137. The van der Waals surface area contributed by atoms with E-state index in [1.165, 1.54) is 6.07 Å². The summed E-state index contributed by atoms with van der Waals surface area (Å²) in [5.41, 5.74) is -1.09. The van der Waals surface area contributed by atoms with Gasteiger partial charge in [-0.3, -0.25) is 9.59 Å². The average molecular weight is 544 g/mol. The number of alkyl halides is 3. The standard InChI is InChI=1S/C26H36F3N3O4S/c1-15(2)31-12-18-11-23(21(20(18)13-31)14-37(35,36)16(3)4)32-9-8-22(25(32)34)30-24(33)17-6-5-7-19(10-17)26(27,28)29/h5-7,10,15-16,18,20-23H,8-9,11-14H2,1-4H3,(H,30,33). The largest absolute Gasteiger partial charge is 0.416 e. The molecule has 3 aliphatic rings. The smallest absolute Gasteiger partial charge is 0.340 e. The first-order valence-corrected chi connectivity index (χ1v) is 14.6. The van der Waals surface area contributed by atoms with Crippen LogP contribution >= 0.6 is 0 Å². The van der Waals surface area contributed by atoms with Crippen LogP contribution in [-0.4, -0.2) is 78.8 Å². The molecule has 2 amide bonds. The van der Waals surface area contributed by atoms with Crippen molar-refractivity contribution in [1.82, 2.24) is 15.1 Å². The molecular formula is C26H36F3N3O4S. The normalized spacial score (nSPS) is 28.9. The molecule has 37 heavy (non-hydrogen) atoms. The maximum Gasteiger partial charge on any atom is 0.416 e. The summed E-state index contributed by atoms with van der Waals surface area (Å²) in [6.45, 7) is 9.64. The summed E-state index contributed by atoms with van der Waals surface area (Å²) in [5.74, 6) is -0.728. The van der Waals surface area contributed by atoms with Gasteiger partial charge in [0.15, 0.2) is 9.84 Å². The van der Waals surface area contributed by atoms with Crippen LogP contribution in [0, 0.1) is 17.8 Å². The number of sulfone groups is 1. The van der Waals surface area contributed by atoms with Gasteiger partial charge in [-0.15, -0.1) is 0 Å². The van der Waals surface area contributed by atoms with Gasteiger partial charge in [0.1, 0.15) is 6.04 Å². The summed E-state index contributed by atoms with van der Waals surface area (Å²) in [6.07, 6.45) is -3.53. The molecule has 0 aromatic heterocycles. The molecule has 0 radical (unpaired) electrons. The van der Waals surface area contributed by atoms with Gasteiger partial charge in [0.25, 0.3) is 5.91 Å². The molecule has 0 spiro atoms. The van der Waals surface area contributed by atoms with Gasteiger partial charge < -0.3 is 15.1 Å². The van der Waals surface area contributed by atoms with Crippen molar-refractivity contribution in [3.8, 4) is 0 Å². The van der Waals surface area contributed by atoms with Crippen LogP contribution in [0.5, 0.6) is 0 Å². The minimum Gasteiger partial charge on any atom is -0.340 e. The topological polar surface area (TPSA) is 86.8 Å². The first kappa shape index (κ1) is 27.9. The van der Waals surface area contributed by atoms with E-state index in [1.54, 1.807) is 18.7 Å². The lowest BCUT2D eigenvalue weighted by atomic mass is 9.92. The fourth-order valence-electron chi connectivity index (χ4n) is 6.15. The maximum absolute atomic E-state index is 13.4. The van der Waals surface area contributed by atoms with Crippen molar-refractivity contribution in [2.45, 2.75) is 70.1 Å². The second-order valence-electron chi connectivity index (χ2n) is 11.2. The third kappa shape index (κ3) is 5.67. The minimum atomic E-state index is -4.58. The molecule has 5 atom stereocenters. The number of carbonyl (C=O) groups is 2. The number of fused-ring (bicyclic) bond motifs is 1. The number of nitrogens with zero attached hydrogens (tertiary/aromatic N) is 2. The van der Waals surface area contributed by atoms with E-state index in [0.29, 0.717) is 31.3 Å². The summed E-state index contributed by atoms with van der Waals surface area (Å²) in [6, 6.07) is 3.39. The molecule has 2 aliphatic heterocycles. The number of hydrogen-bond donors (Lipinski definition) is 1. The number of amides is 2. The Hall–Kier alpha value is -2.14. The molecule has 1 aliphatic carbocycles.